The van der Waals surface area contributed by atoms with Crippen LogP contribution >= 0.6 is 11.3 Å². The van der Waals surface area contributed by atoms with Gasteiger partial charge in [0.2, 0.25) is 5.91 Å². The predicted molar refractivity (Wildman–Crippen MR) is 103 cm³/mol. The molecule has 28 heavy (non-hydrogen) atoms. The van der Waals surface area contributed by atoms with Gasteiger partial charge in [0.1, 0.15) is 0 Å². The Bertz CT molecular complexity index is 900. The highest BCUT2D eigenvalue weighted by molar-refractivity contribution is 7.15. The van der Waals surface area contributed by atoms with Crippen molar-refractivity contribution >= 4 is 39.8 Å². The largest absolute Gasteiger partial charge is 0.450 e. The highest BCUT2D eigenvalue weighted by Crippen LogP contribution is 2.28. The van der Waals surface area contributed by atoms with Crippen LogP contribution in [-0.2, 0) is 22.5 Å². The van der Waals surface area contributed by atoms with Crippen molar-refractivity contribution in [1.82, 2.24) is 9.88 Å². The molecule has 11 heteroatoms. The van der Waals surface area contributed by atoms with Crippen LogP contribution in [0.4, 0.5) is 21.3 Å². The Balaban J connectivity index is 1.56. The lowest BCUT2D eigenvalue weighted by molar-refractivity contribution is -0.384. The van der Waals surface area contributed by atoms with Gasteiger partial charge in [0.15, 0.2) is 5.13 Å². The van der Waals surface area contributed by atoms with Gasteiger partial charge in [0.05, 0.1) is 23.8 Å². The van der Waals surface area contributed by atoms with E-state index >= 15 is 0 Å². The van der Waals surface area contributed by atoms with Crippen LogP contribution in [-0.4, -0.2) is 46.5 Å². The normalized spacial score (nSPS) is 13.5. The number of carbonyl (C=O) groups is 2. The number of anilines is 2. The van der Waals surface area contributed by atoms with Gasteiger partial charge in [0.25, 0.3) is 5.69 Å². The Morgan fingerprint density at radius 1 is 1.39 bits per heavy atom. The summed E-state index contributed by atoms with van der Waals surface area (Å²) in [6.45, 7) is 3.35. The van der Waals surface area contributed by atoms with Crippen molar-refractivity contribution in [3.8, 4) is 0 Å². The van der Waals surface area contributed by atoms with Gasteiger partial charge in [-0.25, -0.2) is 9.78 Å². The third-order valence-electron chi connectivity index (χ3n) is 4.00. The van der Waals surface area contributed by atoms with E-state index in [1.165, 1.54) is 29.5 Å². The zero-order valence-corrected chi connectivity index (χ0v) is 16.0. The molecule has 1 aliphatic rings. The van der Waals surface area contributed by atoms with Gasteiger partial charge in [-0.15, -0.1) is 0 Å². The molecule has 0 unspecified atom stereocenters. The SMILES string of the molecule is CCOC(=O)Nc1nc2c(s1)CN(CC(=O)Nc1cccc([N+](=O)[O-])c1)CC2. The average molecular weight is 405 g/mol. The molecule has 0 saturated heterocycles. The van der Waals surface area contributed by atoms with Gasteiger partial charge in [0, 0.05) is 42.2 Å². The number of nitrogens with zero attached hydrogens (tertiary/aromatic N) is 3. The minimum atomic E-state index is -0.540. The lowest BCUT2D eigenvalue weighted by Crippen LogP contribution is -2.36. The van der Waals surface area contributed by atoms with E-state index in [2.05, 4.69) is 15.6 Å². The van der Waals surface area contributed by atoms with Gasteiger partial charge in [-0.05, 0) is 13.0 Å². The Morgan fingerprint density at radius 3 is 2.96 bits per heavy atom. The number of rotatable bonds is 6. The summed E-state index contributed by atoms with van der Waals surface area (Å²) in [5.74, 6) is -0.252. The summed E-state index contributed by atoms with van der Waals surface area (Å²) in [6.07, 6.45) is 0.127. The second kappa shape index (κ2) is 8.76. The van der Waals surface area contributed by atoms with E-state index in [1.807, 2.05) is 4.90 Å². The number of nitro benzene ring substituents is 1. The van der Waals surface area contributed by atoms with Crippen molar-refractivity contribution in [2.24, 2.45) is 0 Å². The number of nitrogens with one attached hydrogen (secondary N) is 2. The number of hydrogen-bond acceptors (Lipinski definition) is 8. The number of benzene rings is 1. The number of amides is 2. The fraction of sp³-hybridized carbons (Fsp3) is 0.353. The third kappa shape index (κ3) is 5.02. The lowest BCUT2D eigenvalue weighted by Gasteiger charge is -2.25. The van der Waals surface area contributed by atoms with E-state index in [0.717, 1.165) is 10.6 Å². The molecule has 10 nitrogen and oxygen atoms in total. The molecule has 0 radical (unpaired) electrons. The lowest BCUT2D eigenvalue weighted by atomic mass is 10.2. The topological polar surface area (TPSA) is 127 Å². The third-order valence-corrected chi connectivity index (χ3v) is 5.00. The summed E-state index contributed by atoms with van der Waals surface area (Å²) in [6, 6.07) is 5.82. The molecule has 3 rings (SSSR count). The zero-order valence-electron chi connectivity index (χ0n) is 15.1. The number of fused-ring (bicyclic) bond motifs is 1. The van der Waals surface area contributed by atoms with Gasteiger partial charge < -0.3 is 10.1 Å². The Labute approximate surface area is 164 Å². The van der Waals surface area contributed by atoms with Crippen molar-refractivity contribution in [1.29, 1.82) is 0 Å². The number of non-ortho nitro benzene ring substituents is 1. The van der Waals surface area contributed by atoms with Gasteiger partial charge >= 0.3 is 6.09 Å². The second-order valence-electron chi connectivity index (χ2n) is 6.05. The van der Waals surface area contributed by atoms with E-state index in [-0.39, 0.29) is 24.7 Å². The smallest absolute Gasteiger partial charge is 0.413 e. The molecule has 2 amide bonds. The van der Waals surface area contributed by atoms with E-state index in [1.54, 1.807) is 13.0 Å². The molecule has 0 bridgehead atoms. The van der Waals surface area contributed by atoms with Crippen LogP contribution in [0.15, 0.2) is 24.3 Å². The molecule has 0 spiro atoms. The number of nitro groups is 1. The maximum absolute atomic E-state index is 12.3. The first-order valence-corrected chi connectivity index (χ1v) is 9.45. The molecular formula is C17H19N5O5S. The molecule has 0 saturated carbocycles. The minimum Gasteiger partial charge on any atom is -0.450 e. The first kappa shape index (κ1) is 19.7. The number of hydrogen-bond donors (Lipinski definition) is 2. The quantitative estimate of drug-likeness (QED) is 0.559. The molecule has 2 heterocycles. The van der Waals surface area contributed by atoms with Crippen LogP contribution in [0.2, 0.25) is 0 Å². The number of carbonyl (C=O) groups excluding carboxylic acids is 2. The molecule has 0 aliphatic carbocycles. The van der Waals surface area contributed by atoms with Crippen molar-refractivity contribution in [3.63, 3.8) is 0 Å². The fourth-order valence-corrected chi connectivity index (χ4v) is 3.83. The number of aromatic nitrogens is 1. The van der Waals surface area contributed by atoms with Crippen LogP contribution in [0.5, 0.6) is 0 Å². The van der Waals surface area contributed by atoms with Crippen molar-refractivity contribution in [2.45, 2.75) is 19.9 Å². The highest BCUT2D eigenvalue weighted by atomic mass is 32.1. The van der Waals surface area contributed by atoms with Crippen LogP contribution in [0.25, 0.3) is 0 Å². The molecule has 1 aromatic carbocycles. The molecule has 0 atom stereocenters. The van der Waals surface area contributed by atoms with Crippen molar-refractivity contribution < 1.29 is 19.2 Å². The standard InChI is InChI=1S/C17H19N5O5S/c1-2-27-17(24)20-16-19-13-6-7-21(9-14(13)28-16)10-15(23)18-11-4-3-5-12(8-11)22(25)26/h3-5,8H,2,6-7,9-10H2,1H3,(H,18,23)(H,19,20,24). The van der Waals surface area contributed by atoms with Crippen LogP contribution < -0.4 is 10.6 Å². The first-order valence-electron chi connectivity index (χ1n) is 8.63. The van der Waals surface area contributed by atoms with Crippen LogP contribution in [0, 0.1) is 10.1 Å². The Morgan fingerprint density at radius 2 is 2.21 bits per heavy atom. The molecule has 2 aromatic rings. The molecular weight excluding hydrogens is 386 g/mol. The predicted octanol–water partition coefficient (Wildman–Crippen LogP) is 2.62. The monoisotopic (exact) mass is 405 g/mol. The molecule has 148 valence electrons. The van der Waals surface area contributed by atoms with Crippen molar-refractivity contribution in [2.75, 3.05) is 30.3 Å². The summed E-state index contributed by atoms with van der Waals surface area (Å²) in [5.41, 5.74) is 1.22. The van der Waals surface area contributed by atoms with Crippen molar-refractivity contribution in [3.05, 3.63) is 45.0 Å². The summed E-state index contributed by atoms with van der Waals surface area (Å²) < 4.78 is 4.84. The summed E-state index contributed by atoms with van der Waals surface area (Å²) in [7, 11) is 0. The van der Waals surface area contributed by atoms with Gasteiger partial charge in [-0.3, -0.25) is 25.1 Å². The van der Waals surface area contributed by atoms with E-state index in [0.29, 0.717) is 30.3 Å². The number of ether oxygens (including phenoxy) is 1. The summed E-state index contributed by atoms with van der Waals surface area (Å²) in [4.78, 5) is 41.5. The van der Waals surface area contributed by atoms with Crippen LogP contribution in [0.1, 0.15) is 17.5 Å². The zero-order chi connectivity index (χ0) is 20.1. The van der Waals surface area contributed by atoms with E-state index in [4.69, 9.17) is 4.74 Å². The maximum atomic E-state index is 12.3. The molecule has 1 aromatic heterocycles. The highest BCUT2D eigenvalue weighted by Gasteiger charge is 2.23. The van der Waals surface area contributed by atoms with E-state index in [9.17, 15) is 19.7 Å². The summed E-state index contributed by atoms with van der Waals surface area (Å²) >= 11 is 1.36. The molecule has 1 aliphatic heterocycles. The van der Waals surface area contributed by atoms with E-state index < -0.39 is 11.0 Å². The Hall–Kier alpha value is -3.05. The fourth-order valence-electron chi connectivity index (χ4n) is 2.79. The van der Waals surface area contributed by atoms with Gasteiger partial charge in [-0.2, -0.15) is 0 Å². The molecule has 2 N–H and O–H groups in total. The number of thiazole rings is 1. The maximum Gasteiger partial charge on any atom is 0.413 e. The molecule has 0 fully saturated rings. The average Bonchev–Trinajstić information content (AvgIpc) is 3.03. The Kier molecular flexibility index (Phi) is 6.16. The minimum absolute atomic E-state index is 0.0771. The second-order valence-corrected chi connectivity index (χ2v) is 7.13. The van der Waals surface area contributed by atoms with Gasteiger partial charge in [-0.1, -0.05) is 17.4 Å². The van der Waals surface area contributed by atoms with Crippen LogP contribution in [0.3, 0.4) is 0 Å². The summed E-state index contributed by atoms with van der Waals surface area (Å²) in [5, 5.41) is 16.6. The first-order chi connectivity index (χ1) is 13.4.